The fourth-order valence-corrected chi connectivity index (χ4v) is 3.52. The fraction of sp³-hybridized carbons (Fsp3) is 0.409. The molecule has 2 rings (SSSR count). The van der Waals surface area contributed by atoms with E-state index in [2.05, 4.69) is 5.32 Å². The van der Waals surface area contributed by atoms with Crippen molar-refractivity contribution in [2.75, 3.05) is 13.2 Å². The number of rotatable bonds is 9. The van der Waals surface area contributed by atoms with Crippen LogP contribution in [0.25, 0.3) is 0 Å². The third kappa shape index (κ3) is 8.52. The van der Waals surface area contributed by atoms with E-state index in [1.54, 1.807) is 32.9 Å². The zero-order chi connectivity index (χ0) is 22.2. The molecule has 0 bridgehead atoms. The summed E-state index contributed by atoms with van der Waals surface area (Å²) in [4.78, 5) is 12.0. The van der Waals surface area contributed by atoms with E-state index in [-0.39, 0.29) is 24.7 Å². The highest BCUT2D eigenvalue weighted by Gasteiger charge is 2.24. The zero-order valence-corrected chi connectivity index (χ0v) is 18.6. The molecule has 0 aromatic heterocycles. The topological polar surface area (TPSA) is 90.9 Å². The first kappa shape index (κ1) is 23.9. The molecule has 0 spiro atoms. The molecule has 1 N–H and O–H groups in total. The van der Waals surface area contributed by atoms with Crippen LogP contribution in [-0.2, 0) is 30.4 Å². The molecule has 0 aliphatic carbocycles. The highest BCUT2D eigenvalue weighted by atomic mass is 32.2. The Bertz CT molecular complexity index is 905. The molecule has 0 saturated heterocycles. The van der Waals surface area contributed by atoms with E-state index in [0.717, 1.165) is 11.1 Å². The summed E-state index contributed by atoms with van der Waals surface area (Å²) < 4.78 is 41.5. The Kier molecular flexibility index (Phi) is 8.40. The average Bonchev–Trinajstić information content (AvgIpc) is 2.65. The Labute approximate surface area is 178 Å². The maximum absolute atomic E-state index is 12.6. The van der Waals surface area contributed by atoms with E-state index in [1.807, 2.05) is 37.3 Å². The molecule has 0 radical (unpaired) electrons. The lowest BCUT2D eigenvalue weighted by Gasteiger charge is -2.22. The minimum absolute atomic E-state index is 0.0320. The zero-order valence-electron chi connectivity index (χ0n) is 17.8. The van der Waals surface area contributed by atoms with Crippen LogP contribution in [0.4, 0.5) is 4.79 Å². The van der Waals surface area contributed by atoms with Gasteiger partial charge in [-0.15, -0.1) is 0 Å². The highest BCUT2D eigenvalue weighted by molar-refractivity contribution is 7.86. The van der Waals surface area contributed by atoms with Crippen molar-refractivity contribution in [3.63, 3.8) is 0 Å². The number of nitrogens with one attached hydrogen (secondary N) is 1. The number of alkyl carbamates (subject to hydrolysis) is 1. The molecule has 1 atom stereocenters. The van der Waals surface area contributed by atoms with Crippen molar-refractivity contribution >= 4 is 16.2 Å². The Hall–Kier alpha value is -2.42. The van der Waals surface area contributed by atoms with Crippen LogP contribution in [0.2, 0.25) is 0 Å². The van der Waals surface area contributed by atoms with Gasteiger partial charge in [-0.25, -0.2) is 4.79 Å². The van der Waals surface area contributed by atoms with Crippen molar-refractivity contribution in [3.8, 4) is 0 Å². The summed E-state index contributed by atoms with van der Waals surface area (Å²) in [5.74, 6) is 0. The van der Waals surface area contributed by atoms with E-state index < -0.39 is 27.9 Å². The van der Waals surface area contributed by atoms with Gasteiger partial charge in [-0.1, -0.05) is 48.0 Å². The van der Waals surface area contributed by atoms with Crippen molar-refractivity contribution in [1.82, 2.24) is 5.32 Å². The van der Waals surface area contributed by atoms with Crippen LogP contribution in [0.5, 0.6) is 0 Å². The Morgan fingerprint density at radius 2 is 1.67 bits per heavy atom. The van der Waals surface area contributed by atoms with E-state index in [1.165, 1.54) is 12.1 Å². The van der Waals surface area contributed by atoms with E-state index >= 15 is 0 Å². The largest absolute Gasteiger partial charge is 0.444 e. The van der Waals surface area contributed by atoms with Crippen molar-refractivity contribution < 1.29 is 26.9 Å². The van der Waals surface area contributed by atoms with Gasteiger partial charge in [0.05, 0.1) is 24.7 Å². The molecular weight excluding hydrogens is 406 g/mol. The number of amides is 1. The van der Waals surface area contributed by atoms with Gasteiger partial charge >= 0.3 is 6.09 Å². The second-order valence-corrected chi connectivity index (χ2v) is 9.44. The van der Waals surface area contributed by atoms with Crippen LogP contribution in [0, 0.1) is 6.92 Å². The SMILES string of the molecule is Cc1ccc(S(=O)(=O)O[C@H](CNC(=O)OC(C)(C)C)COCc2ccccc2)cc1. The minimum atomic E-state index is -4.03. The standard InChI is InChI=1S/C22H29NO6S/c1-17-10-12-20(13-11-17)30(25,26)29-19(14-23-21(24)28-22(2,3)4)16-27-15-18-8-6-5-7-9-18/h5-13,19H,14-16H2,1-4H3,(H,23,24)/t19-/m1/s1. The van der Waals surface area contributed by atoms with Crippen LogP contribution in [0.1, 0.15) is 31.9 Å². The Morgan fingerprint density at radius 3 is 2.27 bits per heavy atom. The summed E-state index contributed by atoms with van der Waals surface area (Å²) in [6, 6.07) is 15.8. The molecule has 0 unspecified atom stereocenters. The molecule has 0 aliphatic rings. The monoisotopic (exact) mass is 435 g/mol. The average molecular weight is 436 g/mol. The summed E-state index contributed by atoms with van der Waals surface area (Å²) in [7, 11) is -4.03. The van der Waals surface area contributed by atoms with Gasteiger partial charge < -0.3 is 14.8 Å². The lowest BCUT2D eigenvalue weighted by atomic mass is 10.2. The summed E-state index contributed by atoms with van der Waals surface area (Å²) in [5.41, 5.74) is 1.21. The second-order valence-electron chi connectivity index (χ2n) is 7.87. The first-order chi connectivity index (χ1) is 14.0. The second kappa shape index (κ2) is 10.6. The molecule has 0 fully saturated rings. The molecule has 0 heterocycles. The molecule has 8 heteroatoms. The Morgan fingerprint density at radius 1 is 1.03 bits per heavy atom. The minimum Gasteiger partial charge on any atom is -0.444 e. The van der Waals surface area contributed by atoms with E-state index in [9.17, 15) is 13.2 Å². The molecule has 7 nitrogen and oxygen atoms in total. The summed E-state index contributed by atoms with van der Waals surface area (Å²) >= 11 is 0. The van der Waals surface area contributed by atoms with E-state index in [4.69, 9.17) is 13.7 Å². The number of hydrogen-bond acceptors (Lipinski definition) is 6. The van der Waals surface area contributed by atoms with Gasteiger partial charge in [0, 0.05) is 0 Å². The maximum Gasteiger partial charge on any atom is 0.407 e. The number of carbonyl (C=O) groups is 1. The van der Waals surface area contributed by atoms with Gasteiger partial charge in [0.15, 0.2) is 0 Å². The van der Waals surface area contributed by atoms with Crippen molar-refractivity contribution in [1.29, 1.82) is 0 Å². The molecule has 0 aliphatic heterocycles. The third-order valence-corrected chi connectivity index (χ3v) is 5.24. The van der Waals surface area contributed by atoms with E-state index in [0.29, 0.717) is 0 Å². The highest BCUT2D eigenvalue weighted by Crippen LogP contribution is 2.16. The summed E-state index contributed by atoms with van der Waals surface area (Å²) in [6.45, 7) is 7.26. The molecule has 2 aromatic rings. The van der Waals surface area contributed by atoms with Crippen molar-refractivity contribution in [2.45, 2.75) is 50.9 Å². The number of ether oxygens (including phenoxy) is 2. The quantitative estimate of drug-likeness (QED) is 0.603. The van der Waals surface area contributed by atoms with Gasteiger partial charge in [0.2, 0.25) is 0 Å². The number of aryl methyl sites for hydroxylation is 1. The van der Waals surface area contributed by atoms with Crippen molar-refractivity contribution in [2.24, 2.45) is 0 Å². The molecule has 30 heavy (non-hydrogen) atoms. The van der Waals surface area contributed by atoms with Gasteiger partial charge in [0.1, 0.15) is 11.7 Å². The number of benzene rings is 2. The van der Waals surface area contributed by atoms with Crippen LogP contribution in [-0.4, -0.2) is 39.4 Å². The third-order valence-electron chi connectivity index (χ3n) is 3.86. The predicted octanol–water partition coefficient (Wildman–Crippen LogP) is 3.81. The van der Waals surface area contributed by atoms with Crippen molar-refractivity contribution in [3.05, 3.63) is 65.7 Å². The maximum atomic E-state index is 12.6. The summed E-state index contributed by atoms with van der Waals surface area (Å²) in [5, 5.41) is 2.54. The van der Waals surface area contributed by atoms with Gasteiger partial charge in [-0.3, -0.25) is 4.18 Å². The molecule has 1 amide bonds. The number of carbonyl (C=O) groups excluding carboxylic acids is 1. The van der Waals surface area contributed by atoms with Crippen LogP contribution < -0.4 is 5.32 Å². The smallest absolute Gasteiger partial charge is 0.407 e. The van der Waals surface area contributed by atoms with Crippen LogP contribution >= 0.6 is 0 Å². The predicted molar refractivity (Wildman–Crippen MR) is 114 cm³/mol. The fourth-order valence-electron chi connectivity index (χ4n) is 2.45. The molecule has 164 valence electrons. The normalized spacial score (nSPS) is 12.9. The lowest BCUT2D eigenvalue weighted by Crippen LogP contribution is -2.40. The Balaban J connectivity index is 2.03. The lowest BCUT2D eigenvalue weighted by molar-refractivity contribution is 0.0330. The van der Waals surface area contributed by atoms with Gasteiger partial charge in [0.25, 0.3) is 10.1 Å². The first-order valence-electron chi connectivity index (χ1n) is 9.64. The number of hydrogen-bond donors (Lipinski definition) is 1. The van der Waals surface area contributed by atoms with Gasteiger partial charge in [-0.05, 0) is 45.4 Å². The molecule has 0 saturated carbocycles. The first-order valence-corrected chi connectivity index (χ1v) is 11.0. The summed E-state index contributed by atoms with van der Waals surface area (Å²) in [6.07, 6.45) is -1.58. The van der Waals surface area contributed by atoms with Gasteiger partial charge in [-0.2, -0.15) is 8.42 Å². The molecular formula is C22H29NO6S. The van der Waals surface area contributed by atoms with Crippen LogP contribution in [0.3, 0.4) is 0 Å². The molecule has 2 aromatic carbocycles. The van der Waals surface area contributed by atoms with Crippen LogP contribution in [0.15, 0.2) is 59.5 Å².